The molecule has 0 bridgehead atoms. The Balaban J connectivity index is 1.94. The minimum absolute atomic E-state index is 0.0529. The summed E-state index contributed by atoms with van der Waals surface area (Å²) in [5, 5.41) is 22.0. The third-order valence-corrected chi connectivity index (χ3v) is 4.23. The molecule has 1 aliphatic rings. The third kappa shape index (κ3) is 3.87. The number of amides is 1. The molecule has 3 N–H and O–H groups in total. The number of rotatable bonds is 4. The number of phenols is 1. The molecule has 1 saturated carbocycles. The summed E-state index contributed by atoms with van der Waals surface area (Å²) in [6.07, 6.45) is 4.26. The first-order valence-corrected chi connectivity index (χ1v) is 7.35. The molecule has 4 nitrogen and oxygen atoms in total. The summed E-state index contributed by atoms with van der Waals surface area (Å²) in [4.78, 5) is 12.1. The van der Waals surface area contributed by atoms with Crippen molar-refractivity contribution in [3.8, 4) is 5.75 Å². The molecule has 0 spiro atoms. The number of hydrogen-bond acceptors (Lipinski definition) is 3. The molecule has 5 heteroatoms. The van der Waals surface area contributed by atoms with E-state index in [1.807, 2.05) is 0 Å². The van der Waals surface area contributed by atoms with Gasteiger partial charge >= 0.3 is 0 Å². The van der Waals surface area contributed by atoms with Crippen LogP contribution in [0.25, 0.3) is 0 Å². The van der Waals surface area contributed by atoms with Gasteiger partial charge in [0, 0.05) is 23.6 Å². The van der Waals surface area contributed by atoms with Gasteiger partial charge in [0.1, 0.15) is 5.75 Å². The van der Waals surface area contributed by atoms with Crippen molar-refractivity contribution in [3.05, 3.63) is 28.8 Å². The molecule has 0 aliphatic heterocycles. The number of carbonyl (C=O) groups excluding carboxylic acids is 1. The van der Waals surface area contributed by atoms with Crippen molar-refractivity contribution in [3.63, 3.8) is 0 Å². The summed E-state index contributed by atoms with van der Waals surface area (Å²) < 4.78 is 0. The van der Waals surface area contributed by atoms with Crippen LogP contribution in [0.4, 0.5) is 0 Å². The van der Waals surface area contributed by atoms with Crippen LogP contribution in [0.1, 0.15) is 31.2 Å². The largest absolute Gasteiger partial charge is 0.508 e. The first kappa shape index (κ1) is 15.1. The van der Waals surface area contributed by atoms with E-state index in [-0.39, 0.29) is 36.6 Å². The van der Waals surface area contributed by atoms with Crippen LogP contribution in [-0.4, -0.2) is 28.8 Å². The lowest BCUT2D eigenvalue weighted by Crippen LogP contribution is -2.44. The van der Waals surface area contributed by atoms with E-state index < -0.39 is 0 Å². The first-order chi connectivity index (χ1) is 9.60. The first-order valence-electron chi connectivity index (χ1n) is 6.97. The van der Waals surface area contributed by atoms with Crippen LogP contribution < -0.4 is 5.32 Å². The maximum atomic E-state index is 12.1. The summed E-state index contributed by atoms with van der Waals surface area (Å²) in [7, 11) is 0. The lowest BCUT2D eigenvalue weighted by atomic mass is 9.85. The molecule has 20 heavy (non-hydrogen) atoms. The fourth-order valence-corrected chi connectivity index (χ4v) is 2.97. The van der Waals surface area contributed by atoms with Gasteiger partial charge in [0.2, 0.25) is 5.91 Å². The van der Waals surface area contributed by atoms with Crippen molar-refractivity contribution >= 4 is 17.5 Å². The van der Waals surface area contributed by atoms with Crippen molar-refractivity contribution in [1.29, 1.82) is 0 Å². The Morgan fingerprint density at radius 1 is 1.35 bits per heavy atom. The Morgan fingerprint density at radius 3 is 2.80 bits per heavy atom. The highest BCUT2D eigenvalue weighted by molar-refractivity contribution is 6.31. The maximum Gasteiger partial charge on any atom is 0.224 e. The standard InChI is InChI=1S/C15H20ClNO3/c16-13-8-12(19)6-5-10(13)7-15(20)17-14-4-2-1-3-11(14)9-18/h5-6,8,11,14,18-19H,1-4,7,9H2,(H,17,20). The van der Waals surface area contributed by atoms with E-state index in [4.69, 9.17) is 11.6 Å². The number of phenolic OH excluding ortho intramolecular Hbond substituents is 1. The molecule has 0 saturated heterocycles. The molecule has 2 rings (SSSR count). The SMILES string of the molecule is O=C(Cc1ccc(O)cc1Cl)NC1CCCCC1CO. The predicted octanol–water partition coefficient (Wildman–Crippen LogP) is 2.26. The monoisotopic (exact) mass is 297 g/mol. The van der Waals surface area contributed by atoms with E-state index in [9.17, 15) is 15.0 Å². The minimum atomic E-state index is -0.0945. The van der Waals surface area contributed by atoms with E-state index in [1.165, 1.54) is 12.1 Å². The number of aliphatic hydroxyl groups is 1. The fraction of sp³-hybridized carbons (Fsp3) is 0.533. The zero-order valence-corrected chi connectivity index (χ0v) is 12.1. The van der Waals surface area contributed by atoms with E-state index in [0.717, 1.165) is 25.7 Å². The van der Waals surface area contributed by atoms with Gasteiger partial charge in [-0.15, -0.1) is 0 Å². The number of hydrogen-bond donors (Lipinski definition) is 3. The van der Waals surface area contributed by atoms with Gasteiger partial charge in [0.25, 0.3) is 0 Å². The topological polar surface area (TPSA) is 69.6 Å². The van der Waals surface area contributed by atoms with Crippen molar-refractivity contribution in [1.82, 2.24) is 5.32 Å². The molecule has 0 radical (unpaired) electrons. The quantitative estimate of drug-likeness (QED) is 0.798. The third-order valence-electron chi connectivity index (χ3n) is 3.88. The minimum Gasteiger partial charge on any atom is -0.508 e. The van der Waals surface area contributed by atoms with Crippen molar-refractivity contribution in [2.75, 3.05) is 6.61 Å². The van der Waals surface area contributed by atoms with E-state index in [0.29, 0.717) is 10.6 Å². The molecular formula is C15H20ClNO3. The molecule has 1 aromatic rings. The predicted molar refractivity (Wildman–Crippen MR) is 77.8 cm³/mol. The van der Waals surface area contributed by atoms with Gasteiger partial charge in [0.15, 0.2) is 0 Å². The van der Waals surface area contributed by atoms with E-state index in [1.54, 1.807) is 6.07 Å². The van der Waals surface area contributed by atoms with Crippen LogP contribution in [0.2, 0.25) is 5.02 Å². The van der Waals surface area contributed by atoms with Gasteiger partial charge in [-0.25, -0.2) is 0 Å². The van der Waals surface area contributed by atoms with Crippen LogP contribution in [-0.2, 0) is 11.2 Å². The summed E-state index contributed by atoms with van der Waals surface area (Å²) >= 11 is 5.99. The van der Waals surface area contributed by atoms with E-state index >= 15 is 0 Å². The second-order valence-corrected chi connectivity index (χ2v) is 5.76. The number of carbonyl (C=O) groups is 1. The van der Waals surface area contributed by atoms with Gasteiger partial charge < -0.3 is 15.5 Å². The van der Waals surface area contributed by atoms with Crippen LogP contribution in [0.15, 0.2) is 18.2 Å². The highest BCUT2D eigenvalue weighted by Gasteiger charge is 2.25. The Kier molecular flexibility index (Phi) is 5.26. The summed E-state index contributed by atoms with van der Waals surface area (Å²) in [5.74, 6) is 0.151. The molecule has 1 fully saturated rings. The Morgan fingerprint density at radius 2 is 2.10 bits per heavy atom. The molecule has 0 aromatic heterocycles. The number of nitrogens with one attached hydrogen (secondary N) is 1. The number of halogens is 1. The van der Waals surface area contributed by atoms with Gasteiger partial charge in [0.05, 0.1) is 6.42 Å². The lowest BCUT2D eigenvalue weighted by molar-refractivity contribution is -0.121. The molecule has 2 unspecified atom stereocenters. The molecule has 1 amide bonds. The summed E-state index contributed by atoms with van der Waals surface area (Å²) in [5.41, 5.74) is 0.693. The molecular weight excluding hydrogens is 278 g/mol. The highest BCUT2D eigenvalue weighted by Crippen LogP contribution is 2.25. The van der Waals surface area contributed by atoms with Crippen LogP contribution in [0.3, 0.4) is 0 Å². The average Bonchev–Trinajstić information content (AvgIpc) is 2.42. The normalized spacial score (nSPS) is 22.5. The summed E-state index contributed by atoms with van der Waals surface area (Å²) in [6.45, 7) is 0.116. The van der Waals surface area contributed by atoms with Crippen LogP contribution in [0.5, 0.6) is 5.75 Å². The number of aromatic hydroxyl groups is 1. The zero-order chi connectivity index (χ0) is 14.5. The second kappa shape index (κ2) is 6.95. The van der Waals surface area contributed by atoms with Crippen LogP contribution in [0, 0.1) is 5.92 Å². The van der Waals surface area contributed by atoms with Gasteiger partial charge in [-0.1, -0.05) is 30.5 Å². The number of benzene rings is 1. The van der Waals surface area contributed by atoms with Crippen molar-refractivity contribution in [2.45, 2.75) is 38.1 Å². The molecule has 1 aromatic carbocycles. The molecule has 1 aliphatic carbocycles. The van der Waals surface area contributed by atoms with Crippen molar-refractivity contribution in [2.24, 2.45) is 5.92 Å². The average molecular weight is 298 g/mol. The maximum absolute atomic E-state index is 12.1. The summed E-state index contributed by atoms with van der Waals surface area (Å²) in [6, 6.07) is 4.66. The van der Waals surface area contributed by atoms with Crippen LogP contribution >= 0.6 is 11.6 Å². The Hall–Kier alpha value is -1.26. The molecule has 110 valence electrons. The fourth-order valence-electron chi connectivity index (χ4n) is 2.73. The van der Waals surface area contributed by atoms with Gasteiger partial charge in [-0.3, -0.25) is 4.79 Å². The second-order valence-electron chi connectivity index (χ2n) is 5.35. The van der Waals surface area contributed by atoms with Gasteiger partial charge in [-0.05, 0) is 30.5 Å². The van der Waals surface area contributed by atoms with E-state index in [2.05, 4.69) is 5.32 Å². The van der Waals surface area contributed by atoms with Crippen molar-refractivity contribution < 1.29 is 15.0 Å². The lowest BCUT2D eigenvalue weighted by Gasteiger charge is -2.30. The smallest absolute Gasteiger partial charge is 0.224 e. The number of aliphatic hydroxyl groups excluding tert-OH is 1. The van der Waals surface area contributed by atoms with Gasteiger partial charge in [-0.2, -0.15) is 0 Å². The zero-order valence-electron chi connectivity index (χ0n) is 11.3. The molecule has 0 heterocycles. The Labute approximate surface area is 123 Å². The Bertz CT molecular complexity index is 478. The molecule has 2 atom stereocenters. The highest BCUT2D eigenvalue weighted by atomic mass is 35.5.